The van der Waals surface area contributed by atoms with Crippen LogP contribution < -0.4 is 0 Å². The van der Waals surface area contributed by atoms with Gasteiger partial charge in [0.25, 0.3) is 0 Å². The molecule has 4 nitrogen and oxygen atoms in total. The number of likely N-dealkylation sites (tertiary alicyclic amines) is 1. The van der Waals surface area contributed by atoms with Gasteiger partial charge in [0.05, 0.1) is 10.7 Å². The van der Waals surface area contributed by atoms with Crippen LogP contribution in [0.1, 0.15) is 20.3 Å². The minimum atomic E-state index is -0.588. The molecule has 0 radical (unpaired) electrons. The first-order valence-electron chi connectivity index (χ1n) is 6.02. The molecule has 0 bridgehead atoms. The van der Waals surface area contributed by atoms with Crippen LogP contribution in [0.25, 0.3) is 0 Å². The molecule has 1 fully saturated rings. The molecule has 0 spiro atoms. The van der Waals surface area contributed by atoms with Crippen molar-refractivity contribution in [3.05, 3.63) is 11.6 Å². The fourth-order valence-corrected chi connectivity index (χ4v) is 4.16. The zero-order valence-electron chi connectivity index (χ0n) is 10.9. The van der Waals surface area contributed by atoms with Gasteiger partial charge in [0, 0.05) is 19.0 Å². The van der Waals surface area contributed by atoms with Gasteiger partial charge < -0.3 is 4.90 Å². The molecule has 0 aromatic heterocycles. The van der Waals surface area contributed by atoms with Gasteiger partial charge in [-0.3, -0.25) is 10.2 Å². The lowest BCUT2D eigenvalue weighted by atomic mass is 9.60. The summed E-state index contributed by atoms with van der Waals surface area (Å²) in [5.74, 6) is 0.436. The maximum atomic E-state index is 12.3. The van der Waals surface area contributed by atoms with E-state index in [1.54, 1.807) is 6.08 Å². The van der Waals surface area contributed by atoms with E-state index < -0.39 is 10.6 Å². The summed E-state index contributed by atoms with van der Waals surface area (Å²) in [6.45, 7) is 4.57. The molecule has 1 unspecified atom stereocenters. The minimum absolute atomic E-state index is 0.0586. The Morgan fingerprint density at radius 2 is 2.22 bits per heavy atom. The molecule has 0 aromatic carbocycles. The van der Waals surface area contributed by atoms with Crippen molar-refractivity contribution >= 4 is 20.9 Å². The Bertz CT molecular complexity index is 503. The molecule has 96 valence electrons. The van der Waals surface area contributed by atoms with Crippen molar-refractivity contribution in [1.82, 2.24) is 4.90 Å². The number of carbonyl (C=O) groups is 1. The van der Waals surface area contributed by atoms with E-state index >= 15 is 0 Å². The number of hydrogen-bond acceptors (Lipinski definition) is 3. The fraction of sp³-hybridized carbons (Fsp3) is 0.615. The normalized spacial score (nSPS) is 34.7. The summed E-state index contributed by atoms with van der Waals surface area (Å²) >= 11 is 0. The molecule has 0 saturated carbocycles. The SMILES string of the molecule is CN1CC[C@@H]2C(C)(C)C(=O)C(C#N)=C[C@@]2(P)C1=N. The van der Waals surface area contributed by atoms with Crippen LogP contribution >= 0.6 is 9.24 Å². The van der Waals surface area contributed by atoms with Gasteiger partial charge in [-0.05, 0) is 18.4 Å². The van der Waals surface area contributed by atoms with Crippen molar-refractivity contribution in [3.63, 3.8) is 0 Å². The van der Waals surface area contributed by atoms with Crippen LogP contribution in [0, 0.1) is 28.1 Å². The van der Waals surface area contributed by atoms with Crippen molar-refractivity contribution in [3.8, 4) is 6.07 Å². The van der Waals surface area contributed by atoms with Gasteiger partial charge in [0.2, 0.25) is 0 Å². The summed E-state index contributed by atoms with van der Waals surface area (Å²) in [6.07, 6.45) is 2.53. The van der Waals surface area contributed by atoms with Gasteiger partial charge in [-0.1, -0.05) is 13.8 Å². The highest BCUT2D eigenvalue weighted by atomic mass is 31.0. The maximum Gasteiger partial charge on any atom is 0.178 e. The van der Waals surface area contributed by atoms with Crippen molar-refractivity contribution in [2.75, 3.05) is 13.6 Å². The molecule has 0 amide bonds. The molecular formula is C13H18N3OP. The lowest BCUT2D eigenvalue weighted by Crippen LogP contribution is -2.60. The second-order valence-corrected chi connectivity index (χ2v) is 6.72. The predicted molar refractivity (Wildman–Crippen MR) is 73.4 cm³/mol. The Morgan fingerprint density at radius 1 is 1.61 bits per heavy atom. The number of nitrogens with one attached hydrogen (secondary N) is 1. The van der Waals surface area contributed by atoms with Crippen LogP contribution in [0.3, 0.4) is 0 Å². The smallest absolute Gasteiger partial charge is 0.178 e. The average molecular weight is 263 g/mol. The average Bonchev–Trinajstić information content (AvgIpc) is 2.31. The quantitative estimate of drug-likeness (QED) is 0.675. The summed E-state index contributed by atoms with van der Waals surface area (Å²) in [5.41, 5.74) is -0.402. The number of piperidine rings is 1. The van der Waals surface area contributed by atoms with E-state index in [4.69, 9.17) is 10.7 Å². The van der Waals surface area contributed by atoms with E-state index in [2.05, 4.69) is 9.24 Å². The van der Waals surface area contributed by atoms with Crippen LogP contribution in [0.4, 0.5) is 0 Å². The topological polar surface area (TPSA) is 68.0 Å². The molecule has 2 rings (SSSR count). The molecule has 1 N–H and O–H groups in total. The highest BCUT2D eigenvalue weighted by molar-refractivity contribution is 7.21. The number of Topliss-reactive ketones (excluding diaryl/α,β-unsaturated/α-hetero) is 1. The molecule has 1 saturated heterocycles. The number of ketones is 1. The predicted octanol–water partition coefficient (Wildman–Crippen LogP) is 1.59. The van der Waals surface area contributed by atoms with E-state index in [0.29, 0.717) is 5.84 Å². The molecule has 5 heteroatoms. The number of carbonyl (C=O) groups excluding carboxylic acids is 1. The van der Waals surface area contributed by atoms with E-state index in [-0.39, 0.29) is 17.3 Å². The van der Waals surface area contributed by atoms with E-state index in [1.807, 2.05) is 31.9 Å². The number of hydrogen-bond donors (Lipinski definition) is 1. The molecule has 1 aliphatic carbocycles. The van der Waals surface area contributed by atoms with Gasteiger partial charge in [-0.15, -0.1) is 9.24 Å². The molecule has 1 aliphatic heterocycles. The number of allylic oxidation sites excluding steroid dienone is 1. The van der Waals surface area contributed by atoms with Crippen LogP contribution in [0.15, 0.2) is 11.6 Å². The number of nitriles is 1. The van der Waals surface area contributed by atoms with Crippen molar-refractivity contribution in [1.29, 1.82) is 10.7 Å². The third kappa shape index (κ3) is 1.54. The second-order valence-electron chi connectivity index (χ2n) is 5.77. The van der Waals surface area contributed by atoms with E-state index in [1.165, 1.54) is 0 Å². The zero-order valence-corrected chi connectivity index (χ0v) is 12.1. The van der Waals surface area contributed by atoms with Gasteiger partial charge in [-0.25, -0.2) is 0 Å². The third-order valence-corrected chi connectivity index (χ3v) is 5.17. The second kappa shape index (κ2) is 3.90. The number of amidine groups is 1. The maximum absolute atomic E-state index is 12.3. The monoisotopic (exact) mass is 263 g/mol. The van der Waals surface area contributed by atoms with Gasteiger partial charge in [-0.2, -0.15) is 5.26 Å². The molecule has 1 heterocycles. The van der Waals surface area contributed by atoms with Crippen molar-refractivity contribution in [2.45, 2.75) is 25.4 Å². The van der Waals surface area contributed by atoms with Crippen molar-refractivity contribution in [2.24, 2.45) is 11.3 Å². The molecular weight excluding hydrogens is 245 g/mol. The Labute approximate surface area is 110 Å². The van der Waals surface area contributed by atoms with Crippen molar-refractivity contribution < 1.29 is 4.79 Å². The van der Waals surface area contributed by atoms with E-state index in [0.717, 1.165) is 13.0 Å². The van der Waals surface area contributed by atoms with Gasteiger partial charge in [0.15, 0.2) is 5.78 Å². The Hall–Kier alpha value is -1.20. The summed E-state index contributed by atoms with van der Waals surface area (Å²) in [6, 6.07) is 1.99. The summed E-state index contributed by atoms with van der Waals surface area (Å²) in [7, 11) is 4.59. The minimum Gasteiger partial charge on any atom is -0.363 e. The molecule has 2 aliphatic rings. The van der Waals surface area contributed by atoms with Crippen LogP contribution in [0.2, 0.25) is 0 Å². The van der Waals surface area contributed by atoms with E-state index in [9.17, 15) is 4.79 Å². The van der Waals surface area contributed by atoms with Gasteiger partial charge in [0.1, 0.15) is 11.9 Å². The molecule has 18 heavy (non-hydrogen) atoms. The largest absolute Gasteiger partial charge is 0.363 e. The Kier molecular flexibility index (Phi) is 2.87. The first-order chi connectivity index (χ1) is 8.25. The first-order valence-corrected chi connectivity index (χ1v) is 6.59. The third-order valence-electron chi connectivity index (χ3n) is 4.33. The van der Waals surface area contributed by atoms with Crippen LogP contribution in [-0.2, 0) is 4.79 Å². The van der Waals surface area contributed by atoms with Crippen LogP contribution in [0.5, 0.6) is 0 Å². The number of rotatable bonds is 0. The number of fused-ring (bicyclic) bond motifs is 1. The first kappa shape index (κ1) is 13.2. The van der Waals surface area contributed by atoms with Gasteiger partial charge >= 0.3 is 0 Å². The zero-order chi connectivity index (χ0) is 13.7. The lowest BCUT2D eigenvalue weighted by Gasteiger charge is -2.52. The summed E-state index contributed by atoms with van der Waals surface area (Å²) < 4.78 is 0. The molecule has 3 atom stereocenters. The fourth-order valence-electron chi connectivity index (χ4n) is 3.19. The Morgan fingerprint density at radius 3 is 2.78 bits per heavy atom. The summed E-state index contributed by atoms with van der Waals surface area (Å²) in [5, 5.41) is 16.8. The highest BCUT2D eigenvalue weighted by Gasteiger charge is 2.55. The van der Waals surface area contributed by atoms with Crippen LogP contribution in [-0.4, -0.2) is 35.3 Å². The summed E-state index contributed by atoms with van der Waals surface area (Å²) in [4.78, 5) is 14.2. The molecule has 0 aromatic rings. The lowest BCUT2D eigenvalue weighted by molar-refractivity contribution is -0.127. The standard InChI is InChI=1S/C13H18N3OP/c1-12(2)9-4-5-16(3)11(15)13(9,18)6-8(7-14)10(12)17/h6,9,15H,4-5,18H2,1-3H3/t9-,13+/m1/s1. The number of nitrogens with zero attached hydrogens (tertiary/aromatic N) is 2. The highest BCUT2D eigenvalue weighted by Crippen LogP contribution is 2.51. The Balaban J connectivity index is 2.62.